The van der Waals surface area contributed by atoms with Gasteiger partial charge in [-0.05, 0) is 54.9 Å². The third-order valence-electron chi connectivity index (χ3n) is 5.92. The van der Waals surface area contributed by atoms with Gasteiger partial charge in [-0.15, -0.1) is 0 Å². The molecule has 2 amide bonds. The molecule has 34 heavy (non-hydrogen) atoms. The molecule has 4 rings (SSSR count). The summed E-state index contributed by atoms with van der Waals surface area (Å²) in [5.41, 5.74) is 4.65. The summed E-state index contributed by atoms with van der Waals surface area (Å²) in [5, 5.41) is 3.95. The lowest BCUT2D eigenvalue weighted by Gasteiger charge is -2.24. The molecule has 1 aliphatic heterocycles. The fourth-order valence-electron chi connectivity index (χ4n) is 4.12. The maximum absolute atomic E-state index is 13.5. The van der Waals surface area contributed by atoms with Crippen molar-refractivity contribution in [2.24, 2.45) is 0 Å². The van der Waals surface area contributed by atoms with Gasteiger partial charge in [0.2, 0.25) is 5.91 Å². The molecule has 1 aliphatic rings. The van der Waals surface area contributed by atoms with Gasteiger partial charge in [-0.2, -0.15) is 0 Å². The highest BCUT2D eigenvalue weighted by molar-refractivity contribution is 7.80. The first kappa shape index (κ1) is 23.9. The number of hydrogen-bond donors (Lipinski definition) is 1. The topological polar surface area (TPSA) is 52.7 Å². The highest BCUT2D eigenvalue weighted by Gasteiger charge is 2.43. The molecule has 1 saturated heterocycles. The lowest BCUT2D eigenvalue weighted by Crippen LogP contribution is -2.37. The average molecular weight is 492 g/mol. The van der Waals surface area contributed by atoms with E-state index in [2.05, 4.69) is 5.32 Å². The molecule has 0 spiro atoms. The maximum atomic E-state index is 13.5. The number of nitrogens with one attached hydrogen (secondary N) is 1. The van der Waals surface area contributed by atoms with Crippen molar-refractivity contribution < 1.29 is 9.59 Å². The molecular formula is C27H26ClN3O2S. The SMILES string of the molecule is Cc1ccc(NC(=O)C[C@@H]2C(=O)N(Cc3ccccc3)C(=S)N2Cc2ccccc2Cl)c(C)c1. The number of benzene rings is 3. The van der Waals surface area contributed by atoms with Crippen LogP contribution in [0.2, 0.25) is 5.02 Å². The molecule has 5 nitrogen and oxygen atoms in total. The molecule has 0 aliphatic carbocycles. The van der Waals surface area contributed by atoms with Gasteiger partial charge in [0, 0.05) is 17.3 Å². The van der Waals surface area contributed by atoms with E-state index in [4.69, 9.17) is 23.8 Å². The summed E-state index contributed by atoms with van der Waals surface area (Å²) in [5.74, 6) is -0.421. The van der Waals surface area contributed by atoms with E-state index in [9.17, 15) is 9.59 Å². The Morgan fingerprint density at radius 2 is 1.71 bits per heavy atom. The van der Waals surface area contributed by atoms with Crippen molar-refractivity contribution in [2.75, 3.05) is 5.32 Å². The number of nitrogens with zero attached hydrogens (tertiary/aromatic N) is 2. The van der Waals surface area contributed by atoms with Gasteiger partial charge in [0.1, 0.15) is 6.04 Å². The van der Waals surface area contributed by atoms with Crippen LogP contribution in [0.4, 0.5) is 5.69 Å². The van der Waals surface area contributed by atoms with E-state index in [1.807, 2.05) is 85.5 Å². The number of carbonyl (C=O) groups is 2. The van der Waals surface area contributed by atoms with Gasteiger partial charge in [-0.25, -0.2) is 0 Å². The van der Waals surface area contributed by atoms with Gasteiger partial charge in [-0.3, -0.25) is 14.5 Å². The van der Waals surface area contributed by atoms with Crippen molar-refractivity contribution in [2.45, 2.75) is 39.4 Å². The van der Waals surface area contributed by atoms with Crippen LogP contribution >= 0.6 is 23.8 Å². The molecule has 3 aromatic rings. The Hall–Kier alpha value is -3.22. The van der Waals surface area contributed by atoms with Crippen molar-refractivity contribution in [3.8, 4) is 0 Å². The molecule has 0 radical (unpaired) electrons. The summed E-state index contributed by atoms with van der Waals surface area (Å²) in [6, 6.07) is 22.3. The molecule has 0 unspecified atom stereocenters. The second-order valence-corrected chi connectivity index (χ2v) is 9.27. The zero-order valence-electron chi connectivity index (χ0n) is 19.1. The first-order valence-electron chi connectivity index (χ1n) is 11.1. The predicted molar refractivity (Wildman–Crippen MR) is 140 cm³/mol. The van der Waals surface area contributed by atoms with Gasteiger partial charge >= 0.3 is 0 Å². The summed E-state index contributed by atoms with van der Waals surface area (Å²) in [6.45, 7) is 4.65. The Morgan fingerprint density at radius 1 is 1.00 bits per heavy atom. The standard InChI is InChI=1S/C27H26ClN3O2S/c1-18-12-13-23(19(2)14-18)29-25(32)15-24-26(33)31(16-20-8-4-3-5-9-20)27(34)30(24)17-21-10-6-7-11-22(21)28/h3-14,24H,15-17H2,1-2H3,(H,29,32)/t24-/m1/s1. The van der Waals surface area contributed by atoms with E-state index in [0.29, 0.717) is 23.2 Å². The maximum Gasteiger partial charge on any atom is 0.252 e. The molecule has 1 atom stereocenters. The number of amides is 2. The van der Waals surface area contributed by atoms with Gasteiger partial charge in [0.25, 0.3) is 5.91 Å². The summed E-state index contributed by atoms with van der Waals surface area (Å²) in [4.78, 5) is 29.9. The van der Waals surface area contributed by atoms with Crippen LogP contribution in [0.25, 0.3) is 0 Å². The predicted octanol–water partition coefficient (Wildman–Crippen LogP) is 5.48. The number of halogens is 1. The quantitative estimate of drug-likeness (QED) is 0.444. The van der Waals surface area contributed by atoms with Crippen molar-refractivity contribution in [3.63, 3.8) is 0 Å². The molecule has 0 aromatic heterocycles. The van der Waals surface area contributed by atoms with Crippen molar-refractivity contribution in [1.29, 1.82) is 0 Å². The third kappa shape index (κ3) is 5.29. The van der Waals surface area contributed by atoms with Crippen LogP contribution in [0.3, 0.4) is 0 Å². The van der Waals surface area contributed by atoms with Crippen LogP contribution in [0.1, 0.15) is 28.7 Å². The molecular weight excluding hydrogens is 466 g/mol. The number of rotatable bonds is 7. The van der Waals surface area contributed by atoms with E-state index in [1.54, 1.807) is 11.0 Å². The second kappa shape index (κ2) is 10.4. The normalized spacial score (nSPS) is 15.7. The molecule has 7 heteroatoms. The third-order valence-corrected chi connectivity index (χ3v) is 6.74. The van der Waals surface area contributed by atoms with Crippen LogP contribution in [-0.2, 0) is 22.7 Å². The monoisotopic (exact) mass is 491 g/mol. The first-order valence-corrected chi connectivity index (χ1v) is 11.9. The van der Waals surface area contributed by atoms with Gasteiger partial charge < -0.3 is 10.2 Å². The van der Waals surface area contributed by atoms with E-state index < -0.39 is 6.04 Å². The van der Waals surface area contributed by atoms with Gasteiger partial charge in [0.05, 0.1) is 13.0 Å². The first-order chi connectivity index (χ1) is 16.3. The van der Waals surface area contributed by atoms with E-state index >= 15 is 0 Å². The highest BCUT2D eigenvalue weighted by Crippen LogP contribution is 2.28. The summed E-state index contributed by atoms with van der Waals surface area (Å²) in [6.07, 6.45) is -0.0119. The Morgan fingerprint density at radius 3 is 2.41 bits per heavy atom. The number of thiocarbonyl (C=S) groups is 1. The Labute approximate surface area is 210 Å². The summed E-state index contributed by atoms with van der Waals surface area (Å²) >= 11 is 12.1. The smallest absolute Gasteiger partial charge is 0.252 e. The summed E-state index contributed by atoms with van der Waals surface area (Å²) in [7, 11) is 0. The number of anilines is 1. The van der Waals surface area contributed by atoms with E-state index in [-0.39, 0.29) is 18.2 Å². The zero-order valence-corrected chi connectivity index (χ0v) is 20.7. The fraction of sp³-hybridized carbons (Fsp3) is 0.222. The zero-order chi connectivity index (χ0) is 24.2. The lowest BCUT2D eigenvalue weighted by molar-refractivity contribution is -0.131. The van der Waals surface area contributed by atoms with Crippen molar-refractivity contribution in [1.82, 2.24) is 9.80 Å². The van der Waals surface area contributed by atoms with Crippen molar-refractivity contribution in [3.05, 3.63) is 100 Å². The average Bonchev–Trinajstić information content (AvgIpc) is 3.02. The van der Waals surface area contributed by atoms with Crippen molar-refractivity contribution >= 4 is 46.4 Å². The van der Waals surface area contributed by atoms with Crippen LogP contribution < -0.4 is 5.32 Å². The van der Waals surface area contributed by atoms with Gasteiger partial charge in [0.15, 0.2) is 5.11 Å². The minimum atomic E-state index is -0.710. The lowest BCUT2D eigenvalue weighted by atomic mass is 10.1. The molecule has 0 saturated carbocycles. The Kier molecular flexibility index (Phi) is 7.29. The molecule has 1 N–H and O–H groups in total. The molecule has 1 fully saturated rings. The minimum absolute atomic E-state index is 0.0119. The number of hydrogen-bond acceptors (Lipinski definition) is 3. The largest absolute Gasteiger partial charge is 0.332 e. The second-order valence-electron chi connectivity index (χ2n) is 8.50. The highest BCUT2D eigenvalue weighted by atomic mass is 35.5. The minimum Gasteiger partial charge on any atom is -0.332 e. The molecule has 1 heterocycles. The number of aryl methyl sites for hydroxylation is 2. The Bertz CT molecular complexity index is 1230. The molecule has 0 bridgehead atoms. The molecule has 3 aromatic carbocycles. The van der Waals surface area contributed by atoms with Crippen LogP contribution in [0, 0.1) is 13.8 Å². The Balaban J connectivity index is 1.58. The number of carbonyl (C=O) groups excluding carboxylic acids is 2. The van der Waals surface area contributed by atoms with Crippen LogP contribution in [0.5, 0.6) is 0 Å². The fourth-order valence-corrected chi connectivity index (χ4v) is 4.67. The van der Waals surface area contributed by atoms with E-state index in [1.165, 1.54) is 0 Å². The van der Waals surface area contributed by atoms with Gasteiger partial charge in [-0.1, -0.05) is 77.8 Å². The molecule has 174 valence electrons. The summed E-state index contributed by atoms with van der Waals surface area (Å²) < 4.78 is 0. The van der Waals surface area contributed by atoms with Crippen LogP contribution in [0.15, 0.2) is 72.8 Å². The van der Waals surface area contributed by atoms with Crippen LogP contribution in [-0.4, -0.2) is 32.8 Å². The van der Waals surface area contributed by atoms with E-state index in [0.717, 1.165) is 27.9 Å².